The van der Waals surface area contributed by atoms with Crippen LogP contribution < -0.4 is 10.5 Å². The zero-order valence-electron chi connectivity index (χ0n) is 11.2. The first-order chi connectivity index (χ1) is 9.65. The summed E-state index contributed by atoms with van der Waals surface area (Å²) in [6, 6.07) is 9.19. The number of rotatable bonds is 2. The molecule has 0 unspecified atom stereocenters. The third-order valence-electron chi connectivity index (χ3n) is 3.04. The molecule has 3 rings (SSSR count). The van der Waals surface area contributed by atoms with Gasteiger partial charge in [0.05, 0.1) is 0 Å². The summed E-state index contributed by atoms with van der Waals surface area (Å²) in [5, 5.41) is 0.845. The van der Waals surface area contributed by atoms with E-state index in [2.05, 4.69) is 9.97 Å². The molecule has 0 fully saturated rings. The Balaban J connectivity index is 2.21. The lowest BCUT2D eigenvalue weighted by molar-refractivity contribution is 0.562. The van der Waals surface area contributed by atoms with Crippen LogP contribution in [-0.2, 0) is 0 Å². The van der Waals surface area contributed by atoms with Crippen LogP contribution >= 0.6 is 0 Å². The van der Waals surface area contributed by atoms with E-state index < -0.39 is 5.63 Å². The van der Waals surface area contributed by atoms with Crippen LogP contribution in [0.25, 0.3) is 22.4 Å². The third-order valence-corrected chi connectivity index (χ3v) is 3.04. The van der Waals surface area contributed by atoms with E-state index in [4.69, 9.17) is 4.42 Å². The van der Waals surface area contributed by atoms with Crippen molar-refractivity contribution in [3.8, 4) is 11.4 Å². The predicted octanol–water partition coefficient (Wildman–Crippen LogP) is 2.32. The van der Waals surface area contributed by atoms with Crippen LogP contribution in [0.15, 0.2) is 51.9 Å². The van der Waals surface area contributed by atoms with Crippen molar-refractivity contribution in [3.63, 3.8) is 0 Å². The van der Waals surface area contributed by atoms with E-state index in [9.17, 15) is 4.79 Å². The molecule has 5 nitrogen and oxygen atoms in total. The Labute approximate surface area is 115 Å². The summed E-state index contributed by atoms with van der Waals surface area (Å²) in [5.74, 6) is 0.375. The normalized spacial score (nSPS) is 10.7. The summed E-state index contributed by atoms with van der Waals surface area (Å²) in [6.45, 7) is 0. The Morgan fingerprint density at radius 3 is 2.55 bits per heavy atom. The quantitative estimate of drug-likeness (QED) is 0.667. The van der Waals surface area contributed by atoms with Crippen molar-refractivity contribution in [2.45, 2.75) is 0 Å². The lowest BCUT2D eigenvalue weighted by Crippen LogP contribution is -2.09. The van der Waals surface area contributed by atoms with Crippen molar-refractivity contribution in [2.75, 3.05) is 19.0 Å². The van der Waals surface area contributed by atoms with E-state index >= 15 is 0 Å². The highest BCUT2D eigenvalue weighted by molar-refractivity contribution is 5.83. The Morgan fingerprint density at radius 1 is 1.10 bits per heavy atom. The fraction of sp³-hybridized carbons (Fsp3) is 0.133. The van der Waals surface area contributed by atoms with Gasteiger partial charge in [-0.1, -0.05) is 0 Å². The molecule has 2 aromatic heterocycles. The van der Waals surface area contributed by atoms with Gasteiger partial charge >= 0.3 is 5.63 Å². The van der Waals surface area contributed by atoms with Gasteiger partial charge in [0.15, 0.2) is 5.82 Å². The molecule has 0 bridgehead atoms. The molecule has 5 heteroatoms. The Hall–Kier alpha value is -2.69. The number of fused-ring (bicyclic) bond motifs is 1. The average molecular weight is 267 g/mol. The molecular formula is C15H13N3O2. The monoisotopic (exact) mass is 267 g/mol. The van der Waals surface area contributed by atoms with Gasteiger partial charge in [-0.3, -0.25) is 0 Å². The maximum Gasteiger partial charge on any atom is 0.347 e. The highest BCUT2D eigenvalue weighted by Crippen LogP contribution is 2.22. The largest absolute Gasteiger partial charge is 0.422 e. The van der Waals surface area contributed by atoms with E-state index in [0.29, 0.717) is 17.0 Å². The molecule has 100 valence electrons. The lowest BCUT2D eigenvalue weighted by atomic mass is 10.1. The molecule has 0 saturated heterocycles. The fourth-order valence-electron chi connectivity index (χ4n) is 1.97. The molecule has 20 heavy (non-hydrogen) atoms. The molecule has 0 aliphatic rings. The minimum atomic E-state index is -0.431. The van der Waals surface area contributed by atoms with Gasteiger partial charge in [-0.25, -0.2) is 14.8 Å². The van der Waals surface area contributed by atoms with Gasteiger partial charge in [0.25, 0.3) is 0 Å². The van der Waals surface area contributed by atoms with Crippen molar-refractivity contribution >= 4 is 16.7 Å². The molecule has 0 aliphatic carbocycles. The fourth-order valence-corrected chi connectivity index (χ4v) is 1.97. The number of hydrogen-bond acceptors (Lipinski definition) is 5. The van der Waals surface area contributed by atoms with Gasteiger partial charge in [-0.05, 0) is 24.3 Å². The summed E-state index contributed by atoms with van der Waals surface area (Å²) in [7, 11) is 3.87. The molecular weight excluding hydrogens is 254 g/mol. The molecule has 3 aromatic rings. The number of benzene rings is 1. The summed E-state index contributed by atoms with van der Waals surface area (Å²) < 4.78 is 5.38. The zero-order valence-corrected chi connectivity index (χ0v) is 11.2. The smallest absolute Gasteiger partial charge is 0.347 e. The molecule has 0 spiro atoms. The van der Waals surface area contributed by atoms with Gasteiger partial charge in [0.2, 0.25) is 0 Å². The SMILES string of the molecule is CN(C)c1ccc2cc(-c3ncccn3)c(=O)oc2c1. The van der Waals surface area contributed by atoms with Crippen LogP contribution in [0.5, 0.6) is 0 Å². The van der Waals surface area contributed by atoms with Gasteiger partial charge in [0.1, 0.15) is 11.1 Å². The molecule has 0 aliphatic heterocycles. The topological polar surface area (TPSA) is 59.2 Å². The number of nitrogens with zero attached hydrogens (tertiary/aromatic N) is 3. The Kier molecular flexibility index (Phi) is 2.95. The molecule has 0 N–H and O–H groups in total. The van der Waals surface area contributed by atoms with Crippen LogP contribution in [0.4, 0.5) is 5.69 Å². The summed E-state index contributed by atoms with van der Waals surface area (Å²) in [4.78, 5) is 22.2. The van der Waals surface area contributed by atoms with Crippen molar-refractivity contribution in [2.24, 2.45) is 0 Å². The summed E-state index contributed by atoms with van der Waals surface area (Å²) in [5.41, 5.74) is 1.47. The maximum atomic E-state index is 12.1. The van der Waals surface area contributed by atoms with Gasteiger partial charge < -0.3 is 9.32 Å². The first-order valence-corrected chi connectivity index (χ1v) is 6.18. The van der Waals surface area contributed by atoms with E-state index in [1.54, 1.807) is 24.5 Å². The van der Waals surface area contributed by atoms with Gasteiger partial charge in [0, 0.05) is 43.6 Å². The van der Waals surface area contributed by atoms with Crippen molar-refractivity contribution in [3.05, 3.63) is 53.1 Å². The third kappa shape index (κ3) is 2.14. The van der Waals surface area contributed by atoms with Crippen LogP contribution in [-0.4, -0.2) is 24.1 Å². The number of anilines is 1. The van der Waals surface area contributed by atoms with Crippen LogP contribution in [0.2, 0.25) is 0 Å². The lowest BCUT2D eigenvalue weighted by Gasteiger charge is -2.12. The van der Waals surface area contributed by atoms with E-state index in [1.165, 1.54) is 0 Å². The second-order valence-electron chi connectivity index (χ2n) is 4.64. The minimum Gasteiger partial charge on any atom is -0.422 e. The standard InChI is InChI=1S/C15H13N3O2/c1-18(2)11-5-4-10-8-12(14-16-6-3-7-17-14)15(19)20-13(10)9-11/h3-9H,1-2H3. The highest BCUT2D eigenvalue weighted by atomic mass is 16.4. The predicted molar refractivity (Wildman–Crippen MR) is 77.8 cm³/mol. The van der Waals surface area contributed by atoms with E-state index in [0.717, 1.165) is 11.1 Å². The first-order valence-electron chi connectivity index (χ1n) is 6.18. The molecule has 0 saturated carbocycles. The van der Waals surface area contributed by atoms with Crippen LogP contribution in [0.3, 0.4) is 0 Å². The number of aromatic nitrogens is 2. The van der Waals surface area contributed by atoms with Gasteiger partial charge in [-0.15, -0.1) is 0 Å². The minimum absolute atomic E-state index is 0.371. The second kappa shape index (κ2) is 4.77. The Morgan fingerprint density at radius 2 is 1.85 bits per heavy atom. The second-order valence-corrected chi connectivity index (χ2v) is 4.64. The first kappa shape index (κ1) is 12.3. The van der Waals surface area contributed by atoms with Crippen molar-refractivity contribution in [1.82, 2.24) is 9.97 Å². The van der Waals surface area contributed by atoms with Crippen LogP contribution in [0.1, 0.15) is 0 Å². The molecule has 2 heterocycles. The number of hydrogen-bond donors (Lipinski definition) is 0. The maximum absolute atomic E-state index is 12.1. The average Bonchev–Trinajstić information content (AvgIpc) is 2.46. The molecule has 0 atom stereocenters. The summed E-state index contributed by atoms with van der Waals surface area (Å²) in [6.07, 6.45) is 3.20. The molecule has 1 aromatic carbocycles. The van der Waals surface area contributed by atoms with Gasteiger partial charge in [-0.2, -0.15) is 0 Å². The summed E-state index contributed by atoms with van der Waals surface area (Å²) >= 11 is 0. The highest BCUT2D eigenvalue weighted by Gasteiger charge is 2.10. The van der Waals surface area contributed by atoms with Crippen LogP contribution in [0, 0.1) is 0 Å². The molecule has 0 radical (unpaired) electrons. The Bertz CT molecular complexity index is 810. The molecule has 0 amide bonds. The van der Waals surface area contributed by atoms with E-state index in [1.807, 2.05) is 37.2 Å². The van der Waals surface area contributed by atoms with E-state index in [-0.39, 0.29) is 0 Å². The van der Waals surface area contributed by atoms with Crippen molar-refractivity contribution < 1.29 is 4.42 Å². The van der Waals surface area contributed by atoms with Crippen molar-refractivity contribution in [1.29, 1.82) is 0 Å². The zero-order chi connectivity index (χ0) is 14.1.